The van der Waals surface area contributed by atoms with Gasteiger partial charge in [0, 0.05) is 24.5 Å². The number of carbonyl (C=O) groups is 1. The number of rotatable bonds is 7. The second-order valence-electron chi connectivity index (χ2n) is 8.85. The van der Waals surface area contributed by atoms with Crippen LogP contribution >= 0.6 is 0 Å². The Balaban J connectivity index is 1.37. The largest absolute Gasteiger partial charge is 0.454 e. The molecule has 1 aliphatic heterocycles. The number of hydrogen-bond donors (Lipinski definition) is 1. The van der Waals surface area contributed by atoms with Crippen LogP contribution in [0.2, 0.25) is 0 Å². The lowest BCUT2D eigenvalue weighted by Crippen LogP contribution is -2.27. The lowest BCUT2D eigenvalue weighted by Gasteiger charge is -2.21. The Morgan fingerprint density at radius 1 is 0.939 bits per heavy atom. The van der Waals surface area contributed by atoms with Crippen molar-refractivity contribution in [2.24, 2.45) is 0 Å². The van der Waals surface area contributed by atoms with Crippen molar-refractivity contribution in [3.63, 3.8) is 0 Å². The molecule has 0 saturated heterocycles. The van der Waals surface area contributed by atoms with Crippen LogP contribution < -0.4 is 19.7 Å². The third-order valence-electron chi connectivity index (χ3n) is 6.91. The predicted octanol–water partition coefficient (Wildman–Crippen LogP) is 5.91. The molecule has 1 fully saturated rings. The highest BCUT2D eigenvalue weighted by molar-refractivity contribution is 6.02. The normalized spacial score (nSPS) is 15.2. The van der Waals surface area contributed by atoms with Crippen LogP contribution in [0.3, 0.4) is 0 Å². The Morgan fingerprint density at radius 2 is 1.67 bits per heavy atom. The van der Waals surface area contributed by atoms with Crippen LogP contribution in [-0.4, -0.2) is 25.8 Å². The van der Waals surface area contributed by atoms with Gasteiger partial charge in [-0.25, -0.2) is 0 Å². The molecule has 1 N–H and O–H groups in total. The monoisotopic (exact) mass is 442 g/mol. The van der Waals surface area contributed by atoms with E-state index in [-0.39, 0.29) is 12.7 Å². The first-order chi connectivity index (χ1) is 16.0. The topological polar surface area (TPSA) is 50.8 Å². The van der Waals surface area contributed by atoms with Crippen molar-refractivity contribution in [1.29, 1.82) is 0 Å². The number of carbonyl (C=O) groups excluding carboxylic acids is 1. The molecule has 0 bridgehead atoms. The van der Waals surface area contributed by atoms with E-state index in [0.717, 1.165) is 59.8 Å². The first kappa shape index (κ1) is 21.4. The minimum absolute atomic E-state index is 0.0352. The Labute approximate surface area is 195 Å². The molecule has 0 spiro atoms. The van der Waals surface area contributed by atoms with Crippen molar-refractivity contribution < 1.29 is 14.3 Å². The molecular formula is C28H30N2O3. The van der Waals surface area contributed by atoms with Crippen LogP contribution in [0.5, 0.6) is 11.5 Å². The molecule has 1 aliphatic carbocycles. The van der Waals surface area contributed by atoms with Gasteiger partial charge in [-0.2, -0.15) is 0 Å². The van der Waals surface area contributed by atoms with Gasteiger partial charge in [0.2, 0.25) is 12.7 Å². The van der Waals surface area contributed by atoms with Gasteiger partial charge in [0.15, 0.2) is 11.5 Å². The second-order valence-corrected chi connectivity index (χ2v) is 8.85. The maximum Gasteiger partial charge on any atom is 0.235 e. The maximum atomic E-state index is 13.3. The summed E-state index contributed by atoms with van der Waals surface area (Å²) in [5.41, 5.74) is 6.01. The van der Waals surface area contributed by atoms with E-state index < -0.39 is 5.41 Å². The Bertz CT molecular complexity index is 1180. The van der Waals surface area contributed by atoms with Crippen molar-refractivity contribution in [3.05, 3.63) is 71.8 Å². The van der Waals surface area contributed by atoms with Gasteiger partial charge in [0.25, 0.3) is 0 Å². The lowest BCUT2D eigenvalue weighted by molar-refractivity contribution is -0.118. The number of fused-ring (bicyclic) bond motifs is 1. The van der Waals surface area contributed by atoms with Crippen LogP contribution in [0.1, 0.15) is 37.8 Å². The molecule has 3 aromatic rings. The van der Waals surface area contributed by atoms with Crippen molar-refractivity contribution >= 4 is 17.3 Å². The molecule has 1 amide bonds. The molecule has 2 aliphatic rings. The number of amides is 1. The minimum atomic E-state index is -0.489. The van der Waals surface area contributed by atoms with Crippen LogP contribution in [0, 0.1) is 6.92 Å². The molecule has 3 aromatic carbocycles. The van der Waals surface area contributed by atoms with E-state index in [9.17, 15) is 4.79 Å². The SMILES string of the molecule is CCN(CC)c1ccc(-c2cc(NC(=O)C3(c4ccc5c(c4)OCO5)CC3)ccc2C)cc1. The van der Waals surface area contributed by atoms with Crippen molar-refractivity contribution in [2.75, 3.05) is 30.1 Å². The van der Waals surface area contributed by atoms with Crippen molar-refractivity contribution in [3.8, 4) is 22.6 Å². The first-order valence-electron chi connectivity index (χ1n) is 11.7. The third-order valence-corrected chi connectivity index (χ3v) is 6.91. The van der Waals surface area contributed by atoms with Crippen LogP contribution in [0.15, 0.2) is 60.7 Å². The standard InChI is InChI=1S/C28H30N2O3/c1-4-30(5-2)23-11-7-20(8-12-23)24-17-22(10-6-19(24)3)29-27(31)28(14-15-28)21-9-13-25-26(16-21)33-18-32-25/h6-13,16-17H,4-5,14-15,18H2,1-3H3,(H,29,31). The Morgan fingerprint density at radius 3 is 2.36 bits per heavy atom. The minimum Gasteiger partial charge on any atom is -0.454 e. The number of nitrogens with one attached hydrogen (secondary N) is 1. The molecule has 0 aromatic heterocycles. The zero-order chi connectivity index (χ0) is 23.0. The van der Waals surface area contributed by atoms with Gasteiger partial charge in [0.05, 0.1) is 5.41 Å². The molecule has 0 atom stereocenters. The number of aryl methyl sites for hydroxylation is 1. The van der Waals surface area contributed by atoms with Gasteiger partial charge >= 0.3 is 0 Å². The number of ether oxygens (including phenoxy) is 2. The number of nitrogens with zero attached hydrogens (tertiary/aromatic N) is 1. The fourth-order valence-corrected chi connectivity index (χ4v) is 4.67. The molecule has 33 heavy (non-hydrogen) atoms. The number of hydrogen-bond acceptors (Lipinski definition) is 4. The molecule has 0 unspecified atom stereocenters. The molecular weight excluding hydrogens is 412 g/mol. The van der Waals surface area contributed by atoms with Crippen LogP contribution in [-0.2, 0) is 10.2 Å². The molecule has 5 heteroatoms. The molecule has 0 radical (unpaired) electrons. The molecule has 1 saturated carbocycles. The van der Waals surface area contributed by atoms with E-state index in [1.807, 2.05) is 24.3 Å². The summed E-state index contributed by atoms with van der Waals surface area (Å²) in [6.07, 6.45) is 1.67. The predicted molar refractivity (Wildman–Crippen MR) is 132 cm³/mol. The van der Waals surface area contributed by atoms with E-state index in [0.29, 0.717) is 0 Å². The summed E-state index contributed by atoms with van der Waals surface area (Å²) in [4.78, 5) is 15.7. The Hall–Kier alpha value is -3.47. The molecule has 170 valence electrons. The van der Waals surface area contributed by atoms with E-state index in [1.54, 1.807) is 0 Å². The maximum absolute atomic E-state index is 13.3. The molecule has 5 rings (SSSR count). The first-order valence-corrected chi connectivity index (χ1v) is 11.7. The quantitative estimate of drug-likeness (QED) is 0.494. The van der Waals surface area contributed by atoms with Gasteiger partial charge in [0.1, 0.15) is 0 Å². The summed E-state index contributed by atoms with van der Waals surface area (Å²) in [5.74, 6) is 1.50. The second kappa shape index (κ2) is 8.47. The number of benzene rings is 3. The van der Waals surface area contributed by atoms with Gasteiger partial charge in [-0.15, -0.1) is 0 Å². The van der Waals surface area contributed by atoms with Gasteiger partial charge in [-0.05, 0) is 92.3 Å². The summed E-state index contributed by atoms with van der Waals surface area (Å²) < 4.78 is 10.9. The van der Waals surface area contributed by atoms with Gasteiger partial charge in [-0.1, -0.05) is 24.3 Å². The van der Waals surface area contributed by atoms with Crippen molar-refractivity contribution in [1.82, 2.24) is 0 Å². The zero-order valence-electron chi connectivity index (χ0n) is 19.5. The Kier molecular flexibility index (Phi) is 5.49. The van der Waals surface area contributed by atoms with Crippen LogP contribution in [0.4, 0.5) is 11.4 Å². The highest BCUT2D eigenvalue weighted by Crippen LogP contribution is 2.51. The summed E-state index contributed by atoms with van der Waals surface area (Å²) in [6, 6.07) is 20.6. The lowest BCUT2D eigenvalue weighted by atomic mass is 9.94. The van der Waals surface area contributed by atoms with Crippen molar-refractivity contribution in [2.45, 2.75) is 39.0 Å². The fourth-order valence-electron chi connectivity index (χ4n) is 4.67. The summed E-state index contributed by atoms with van der Waals surface area (Å²) >= 11 is 0. The average Bonchev–Trinajstić information content (AvgIpc) is 3.52. The summed E-state index contributed by atoms with van der Waals surface area (Å²) in [7, 11) is 0. The highest BCUT2D eigenvalue weighted by atomic mass is 16.7. The molecule has 5 nitrogen and oxygen atoms in total. The van der Waals surface area contributed by atoms with Crippen LogP contribution in [0.25, 0.3) is 11.1 Å². The highest BCUT2D eigenvalue weighted by Gasteiger charge is 2.51. The van der Waals surface area contributed by atoms with Gasteiger partial charge < -0.3 is 19.7 Å². The summed E-state index contributed by atoms with van der Waals surface area (Å²) in [5, 5.41) is 3.18. The fraction of sp³-hybridized carbons (Fsp3) is 0.321. The zero-order valence-corrected chi connectivity index (χ0v) is 19.5. The van der Waals surface area contributed by atoms with E-state index in [1.165, 1.54) is 11.3 Å². The van der Waals surface area contributed by atoms with Gasteiger partial charge in [-0.3, -0.25) is 4.79 Å². The van der Waals surface area contributed by atoms with E-state index in [4.69, 9.17) is 9.47 Å². The van der Waals surface area contributed by atoms with E-state index >= 15 is 0 Å². The summed E-state index contributed by atoms with van der Waals surface area (Å²) in [6.45, 7) is 8.66. The third kappa shape index (κ3) is 3.92. The van der Waals surface area contributed by atoms with E-state index in [2.05, 4.69) is 67.4 Å². The number of anilines is 2. The average molecular weight is 443 g/mol. The molecule has 1 heterocycles. The smallest absolute Gasteiger partial charge is 0.235 e.